The summed E-state index contributed by atoms with van der Waals surface area (Å²) in [4.78, 5) is 30.6. The number of benzene rings is 1. The summed E-state index contributed by atoms with van der Waals surface area (Å²) in [5.41, 5.74) is 2.35. The van der Waals surface area contributed by atoms with Gasteiger partial charge in [-0.25, -0.2) is 4.79 Å². The summed E-state index contributed by atoms with van der Waals surface area (Å²) >= 11 is 0. The highest BCUT2D eigenvalue weighted by molar-refractivity contribution is 5.75. The fraction of sp³-hybridized carbons (Fsp3) is 0.350. The summed E-state index contributed by atoms with van der Waals surface area (Å²) in [6.45, 7) is 6.48. The zero-order valence-corrected chi connectivity index (χ0v) is 16.0. The molecule has 4 aromatic rings. The van der Waals surface area contributed by atoms with Crippen LogP contribution in [0.4, 0.5) is 0 Å². The van der Waals surface area contributed by atoms with Crippen LogP contribution in [0.15, 0.2) is 46.1 Å². The van der Waals surface area contributed by atoms with Crippen molar-refractivity contribution in [2.75, 3.05) is 0 Å². The van der Waals surface area contributed by atoms with Crippen LogP contribution in [-0.4, -0.2) is 23.1 Å². The molecule has 0 amide bonds. The van der Waals surface area contributed by atoms with Gasteiger partial charge in [0.2, 0.25) is 5.78 Å². The first-order valence-corrected chi connectivity index (χ1v) is 9.13. The average molecular weight is 365 g/mol. The van der Waals surface area contributed by atoms with Crippen LogP contribution in [0.5, 0.6) is 0 Å². The van der Waals surface area contributed by atoms with Gasteiger partial charge in [0, 0.05) is 31.5 Å². The van der Waals surface area contributed by atoms with Crippen molar-refractivity contribution in [3.05, 3.63) is 68.6 Å². The van der Waals surface area contributed by atoms with E-state index in [1.165, 1.54) is 9.13 Å². The van der Waals surface area contributed by atoms with E-state index in [1.54, 1.807) is 7.05 Å². The predicted molar refractivity (Wildman–Crippen MR) is 105 cm³/mol. The molecule has 0 bridgehead atoms. The monoisotopic (exact) mass is 365 g/mol. The normalized spacial score (nSPS) is 11.9. The smallest absolute Gasteiger partial charge is 0.312 e. The van der Waals surface area contributed by atoms with Gasteiger partial charge in [-0.1, -0.05) is 30.3 Å². The van der Waals surface area contributed by atoms with Crippen molar-refractivity contribution in [2.24, 2.45) is 7.05 Å². The molecular formula is C20H23N5O2. The molecule has 3 aromatic heterocycles. The number of hydrogen-bond acceptors (Lipinski definition) is 3. The molecule has 140 valence electrons. The molecule has 0 radical (unpaired) electrons. The van der Waals surface area contributed by atoms with Crippen LogP contribution in [0.1, 0.15) is 31.1 Å². The van der Waals surface area contributed by atoms with Crippen molar-refractivity contribution < 1.29 is 0 Å². The number of hydrogen-bond donors (Lipinski definition) is 0. The van der Waals surface area contributed by atoms with Crippen molar-refractivity contribution in [1.29, 1.82) is 0 Å². The summed E-state index contributed by atoms with van der Waals surface area (Å²) in [6.07, 6.45) is 2.54. The largest absolute Gasteiger partial charge is 0.332 e. The van der Waals surface area contributed by atoms with E-state index in [9.17, 15) is 9.59 Å². The summed E-state index contributed by atoms with van der Waals surface area (Å²) in [5, 5.41) is 0. The topological polar surface area (TPSA) is 66.2 Å². The molecule has 3 heterocycles. The third-order valence-corrected chi connectivity index (χ3v) is 5.05. The van der Waals surface area contributed by atoms with E-state index in [0.717, 1.165) is 11.3 Å². The summed E-state index contributed by atoms with van der Waals surface area (Å²) in [7, 11) is 1.67. The lowest BCUT2D eigenvalue weighted by molar-refractivity contribution is 0.599. The molecule has 1 aromatic carbocycles. The molecule has 0 fully saturated rings. The predicted octanol–water partition coefficient (Wildman–Crippen LogP) is 2.28. The molecule has 0 spiro atoms. The Labute approximate surface area is 156 Å². The highest BCUT2D eigenvalue weighted by Crippen LogP contribution is 2.20. The Morgan fingerprint density at radius 1 is 1.11 bits per heavy atom. The standard InChI is InChI=1S/C20H23N5O2/c1-13(2)25-14(3)12-24-16-17(21-19(24)25)22(4)20(27)23(18(16)26)11-10-15-8-6-5-7-9-15/h5-9,12-13H,10-11H2,1-4H3. The minimum Gasteiger partial charge on any atom is -0.312 e. The second-order valence-electron chi connectivity index (χ2n) is 7.22. The number of nitrogens with zero attached hydrogens (tertiary/aromatic N) is 5. The molecular weight excluding hydrogens is 342 g/mol. The maximum absolute atomic E-state index is 13.2. The number of aromatic nitrogens is 5. The second-order valence-corrected chi connectivity index (χ2v) is 7.22. The average Bonchev–Trinajstić information content (AvgIpc) is 3.15. The Bertz CT molecular complexity index is 1260. The summed E-state index contributed by atoms with van der Waals surface area (Å²) in [6, 6.07) is 10.1. The number of aryl methyl sites for hydroxylation is 3. The summed E-state index contributed by atoms with van der Waals surface area (Å²) < 4.78 is 6.66. The van der Waals surface area contributed by atoms with E-state index in [1.807, 2.05) is 47.9 Å². The summed E-state index contributed by atoms with van der Waals surface area (Å²) in [5.74, 6) is 0.686. The lowest BCUT2D eigenvalue weighted by Crippen LogP contribution is -2.39. The van der Waals surface area contributed by atoms with Crippen LogP contribution in [0.25, 0.3) is 16.9 Å². The Balaban J connectivity index is 1.93. The van der Waals surface area contributed by atoms with Crippen molar-refractivity contribution in [3.8, 4) is 0 Å². The Kier molecular flexibility index (Phi) is 4.02. The first-order chi connectivity index (χ1) is 12.9. The van der Waals surface area contributed by atoms with Crippen LogP contribution in [0, 0.1) is 6.92 Å². The van der Waals surface area contributed by atoms with Gasteiger partial charge in [0.05, 0.1) is 0 Å². The van der Waals surface area contributed by atoms with Crippen LogP contribution in [0.2, 0.25) is 0 Å². The second kappa shape index (κ2) is 6.26. The molecule has 7 nitrogen and oxygen atoms in total. The van der Waals surface area contributed by atoms with Gasteiger partial charge in [0.1, 0.15) is 0 Å². The van der Waals surface area contributed by atoms with Gasteiger partial charge < -0.3 is 4.57 Å². The maximum atomic E-state index is 13.2. The SMILES string of the molecule is Cc1cn2c3c(=O)n(CCc4ccccc4)c(=O)n(C)c3nc2n1C(C)C. The van der Waals surface area contributed by atoms with Crippen molar-refractivity contribution >= 4 is 16.9 Å². The molecule has 0 aliphatic heterocycles. The molecule has 7 heteroatoms. The molecule has 0 aliphatic carbocycles. The molecule has 0 saturated heterocycles. The fourth-order valence-electron chi connectivity index (χ4n) is 3.75. The zero-order chi connectivity index (χ0) is 19.3. The molecule has 0 saturated carbocycles. The van der Waals surface area contributed by atoms with E-state index in [0.29, 0.717) is 29.9 Å². The number of rotatable bonds is 4. The van der Waals surface area contributed by atoms with E-state index >= 15 is 0 Å². The van der Waals surface area contributed by atoms with Gasteiger partial charge >= 0.3 is 5.69 Å². The third-order valence-electron chi connectivity index (χ3n) is 5.05. The van der Waals surface area contributed by atoms with Crippen molar-refractivity contribution in [1.82, 2.24) is 23.1 Å². The lowest BCUT2D eigenvalue weighted by atomic mass is 10.1. The lowest BCUT2D eigenvalue weighted by Gasteiger charge is -2.09. The number of imidazole rings is 2. The highest BCUT2D eigenvalue weighted by Gasteiger charge is 2.20. The first kappa shape index (κ1) is 17.3. The van der Waals surface area contributed by atoms with Gasteiger partial charge in [0.15, 0.2) is 11.2 Å². The zero-order valence-electron chi connectivity index (χ0n) is 16.0. The number of fused-ring (bicyclic) bond motifs is 3. The quantitative estimate of drug-likeness (QED) is 0.557. The van der Waals surface area contributed by atoms with Gasteiger partial charge in [-0.3, -0.25) is 18.3 Å². The Morgan fingerprint density at radius 2 is 1.81 bits per heavy atom. The van der Waals surface area contributed by atoms with E-state index in [2.05, 4.69) is 23.4 Å². The molecule has 0 atom stereocenters. The maximum Gasteiger partial charge on any atom is 0.332 e. The van der Waals surface area contributed by atoms with Crippen LogP contribution in [0.3, 0.4) is 0 Å². The van der Waals surface area contributed by atoms with Crippen LogP contribution >= 0.6 is 0 Å². The highest BCUT2D eigenvalue weighted by atomic mass is 16.2. The van der Waals surface area contributed by atoms with Gasteiger partial charge in [-0.05, 0) is 32.8 Å². The fourth-order valence-corrected chi connectivity index (χ4v) is 3.75. The molecule has 4 rings (SSSR count). The van der Waals surface area contributed by atoms with Crippen molar-refractivity contribution in [2.45, 2.75) is 39.8 Å². The Hall–Kier alpha value is -3.09. The van der Waals surface area contributed by atoms with Crippen LogP contribution in [-0.2, 0) is 20.0 Å². The molecule has 0 aliphatic rings. The van der Waals surface area contributed by atoms with E-state index in [-0.39, 0.29) is 17.3 Å². The molecule has 27 heavy (non-hydrogen) atoms. The van der Waals surface area contributed by atoms with Gasteiger partial charge in [-0.15, -0.1) is 0 Å². The minimum atomic E-state index is -0.336. The van der Waals surface area contributed by atoms with Crippen molar-refractivity contribution in [3.63, 3.8) is 0 Å². The van der Waals surface area contributed by atoms with Gasteiger partial charge in [-0.2, -0.15) is 4.98 Å². The van der Waals surface area contributed by atoms with Crippen LogP contribution < -0.4 is 11.2 Å². The van der Waals surface area contributed by atoms with E-state index in [4.69, 9.17) is 0 Å². The van der Waals surface area contributed by atoms with Gasteiger partial charge in [0.25, 0.3) is 5.56 Å². The minimum absolute atomic E-state index is 0.205. The third kappa shape index (κ3) is 2.61. The first-order valence-electron chi connectivity index (χ1n) is 9.13. The Morgan fingerprint density at radius 3 is 2.48 bits per heavy atom. The molecule has 0 N–H and O–H groups in total. The molecule has 0 unspecified atom stereocenters. The van der Waals surface area contributed by atoms with E-state index < -0.39 is 0 Å².